The van der Waals surface area contributed by atoms with Crippen molar-refractivity contribution >= 4 is 11.0 Å². The lowest BCUT2D eigenvalue weighted by molar-refractivity contribution is 0.351. The van der Waals surface area contributed by atoms with Crippen LogP contribution in [-0.2, 0) is 0 Å². The van der Waals surface area contributed by atoms with Crippen LogP contribution in [0.5, 0.6) is 23.1 Å². The van der Waals surface area contributed by atoms with Crippen molar-refractivity contribution in [1.82, 2.24) is 9.97 Å². The van der Waals surface area contributed by atoms with E-state index in [9.17, 15) is 4.39 Å². The van der Waals surface area contributed by atoms with E-state index < -0.39 is 5.82 Å². The van der Waals surface area contributed by atoms with Gasteiger partial charge in [0.2, 0.25) is 11.7 Å². The number of methoxy groups -OCH3 is 2. The van der Waals surface area contributed by atoms with Crippen molar-refractivity contribution in [3.8, 4) is 29.2 Å². The van der Waals surface area contributed by atoms with E-state index in [1.54, 1.807) is 12.1 Å². The van der Waals surface area contributed by atoms with Gasteiger partial charge in [0.15, 0.2) is 11.5 Å². The topological polar surface area (TPSA) is 77.3 Å². The Bertz CT molecular complexity index is 954. The molecule has 0 unspecified atom stereocenters. The van der Waals surface area contributed by atoms with Crippen LogP contribution in [0.2, 0.25) is 0 Å². The smallest absolute Gasteiger partial charge is 0.238 e. The Hall–Kier alpha value is -3.40. The molecule has 24 heavy (non-hydrogen) atoms. The van der Waals surface area contributed by atoms with E-state index in [-0.39, 0.29) is 28.7 Å². The van der Waals surface area contributed by atoms with Crippen molar-refractivity contribution in [2.45, 2.75) is 0 Å². The molecule has 0 spiro atoms. The first-order chi connectivity index (χ1) is 11.7. The lowest BCUT2D eigenvalue weighted by atomic mass is 10.1. The summed E-state index contributed by atoms with van der Waals surface area (Å²) in [5, 5.41) is 9.15. The number of nitrogens with zero attached hydrogens (tertiary/aromatic N) is 3. The molecule has 0 aliphatic carbocycles. The summed E-state index contributed by atoms with van der Waals surface area (Å²) in [7, 11) is 2.63. The molecule has 0 saturated carbocycles. The molecule has 0 bridgehead atoms. The van der Waals surface area contributed by atoms with Gasteiger partial charge in [-0.05, 0) is 12.1 Å². The van der Waals surface area contributed by atoms with Crippen LogP contribution < -0.4 is 14.2 Å². The maximum absolute atomic E-state index is 14.5. The maximum atomic E-state index is 14.5. The summed E-state index contributed by atoms with van der Waals surface area (Å²) < 4.78 is 30.1. The van der Waals surface area contributed by atoms with Crippen molar-refractivity contribution in [2.24, 2.45) is 0 Å². The number of ether oxygens (including phenoxy) is 3. The molecule has 0 aliphatic rings. The second-order valence-corrected chi connectivity index (χ2v) is 4.71. The molecule has 1 heterocycles. The highest BCUT2D eigenvalue weighted by atomic mass is 19.1. The van der Waals surface area contributed by atoms with Gasteiger partial charge in [0.1, 0.15) is 17.4 Å². The van der Waals surface area contributed by atoms with Crippen molar-refractivity contribution < 1.29 is 18.6 Å². The van der Waals surface area contributed by atoms with Gasteiger partial charge in [-0.15, -0.1) is 0 Å². The van der Waals surface area contributed by atoms with E-state index in [0.29, 0.717) is 11.0 Å². The Balaban J connectivity index is 2.07. The Morgan fingerprint density at radius 2 is 1.83 bits per heavy atom. The second-order valence-electron chi connectivity index (χ2n) is 4.71. The number of fused-ring (bicyclic) bond motifs is 1. The third-order valence-corrected chi connectivity index (χ3v) is 3.33. The molecule has 0 saturated heterocycles. The molecule has 0 atom stereocenters. The average Bonchev–Trinajstić information content (AvgIpc) is 2.62. The molecule has 120 valence electrons. The Labute approximate surface area is 137 Å². The summed E-state index contributed by atoms with van der Waals surface area (Å²) in [4.78, 5) is 8.47. The van der Waals surface area contributed by atoms with E-state index in [2.05, 4.69) is 9.97 Å². The Kier molecular flexibility index (Phi) is 4.12. The molecule has 2 aromatic carbocycles. The first kappa shape index (κ1) is 15.5. The highest BCUT2D eigenvalue weighted by Gasteiger charge is 2.21. The van der Waals surface area contributed by atoms with Gasteiger partial charge in [0, 0.05) is 6.07 Å². The largest absolute Gasteiger partial charge is 0.495 e. The molecule has 0 aliphatic heterocycles. The minimum Gasteiger partial charge on any atom is -0.495 e. The second kappa shape index (κ2) is 6.38. The zero-order valence-electron chi connectivity index (χ0n) is 12.9. The first-order valence-corrected chi connectivity index (χ1v) is 6.92. The van der Waals surface area contributed by atoms with Crippen LogP contribution in [0.3, 0.4) is 0 Å². The van der Waals surface area contributed by atoms with Gasteiger partial charge < -0.3 is 14.2 Å². The molecule has 0 radical (unpaired) electrons. The van der Waals surface area contributed by atoms with Gasteiger partial charge >= 0.3 is 0 Å². The van der Waals surface area contributed by atoms with Crippen molar-refractivity contribution in [2.75, 3.05) is 14.2 Å². The minimum absolute atomic E-state index is 0.0468. The van der Waals surface area contributed by atoms with Crippen molar-refractivity contribution in [3.05, 3.63) is 47.9 Å². The summed E-state index contributed by atoms with van der Waals surface area (Å²) in [5.41, 5.74) is 1.26. The number of para-hydroxylation sites is 2. The maximum Gasteiger partial charge on any atom is 0.238 e. The minimum atomic E-state index is -0.815. The summed E-state index contributed by atoms with van der Waals surface area (Å²) in [5.74, 6) is -0.987. The number of benzene rings is 2. The monoisotopic (exact) mass is 325 g/mol. The van der Waals surface area contributed by atoms with Crippen LogP contribution in [0.15, 0.2) is 36.5 Å². The van der Waals surface area contributed by atoms with Gasteiger partial charge in [0.05, 0.1) is 31.4 Å². The van der Waals surface area contributed by atoms with Crippen LogP contribution in [0.25, 0.3) is 11.0 Å². The van der Waals surface area contributed by atoms with Crippen LogP contribution in [-0.4, -0.2) is 24.2 Å². The van der Waals surface area contributed by atoms with E-state index >= 15 is 0 Å². The van der Waals surface area contributed by atoms with Crippen LogP contribution >= 0.6 is 0 Å². The Morgan fingerprint density at radius 3 is 2.50 bits per heavy atom. The van der Waals surface area contributed by atoms with Gasteiger partial charge in [-0.25, -0.2) is 9.97 Å². The predicted molar refractivity (Wildman–Crippen MR) is 83.8 cm³/mol. The predicted octanol–water partition coefficient (Wildman–Crippen LogP) is 3.45. The molecular weight excluding hydrogens is 313 g/mol. The first-order valence-electron chi connectivity index (χ1n) is 6.92. The molecule has 0 amide bonds. The zero-order valence-corrected chi connectivity index (χ0v) is 12.9. The SMILES string of the molecule is COc1cc(Oc2cnc3ccccc3n2)c(F)c(OC)c1C#N. The van der Waals surface area contributed by atoms with Gasteiger partial charge in [-0.1, -0.05) is 12.1 Å². The number of aromatic nitrogens is 2. The lowest BCUT2D eigenvalue weighted by Gasteiger charge is -2.13. The fraction of sp³-hybridized carbons (Fsp3) is 0.118. The fourth-order valence-corrected chi connectivity index (χ4v) is 2.22. The van der Waals surface area contributed by atoms with E-state index in [4.69, 9.17) is 19.5 Å². The number of hydrogen-bond acceptors (Lipinski definition) is 6. The third kappa shape index (κ3) is 2.65. The van der Waals surface area contributed by atoms with Gasteiger partial charge in [-0.3, -0.25) is 0 Å². The quantitative estimate of drug-likeness (QED) is 0.731. The summed E-state index contributed by atoms with van der Waals surface area (Å²) in [6, 6.07) is 10.4. The van der Waals surface area contributed by atoms with E-state index in [0.717, 1.165) is 0 Å². The number of hydrogen-bond donors (Lipinski definition) is 0. The molecular formula is C17H12FN3O3. The highest BCUT2D eigenvalue weighted by molar-refractivity contribution is 5.74. The van der Waals surface area contributed by atoms with E-state index in [1.165, 1.54) is 26.5 Å². The third-order valence-electron chi connectivity index (χ3n) is 3.33. The highest BCUT2D eigenvalue weighted by Crippen LogP contribution is 2.38. The van der Waals surface area contributed by atoms with Gasteiger partial charge in [0.25, 0.3) is 0 Å². The molecule has 6 nitrogen and oxygen atoms in total. The Morgan fingerprint density at radius 1 is 1.08 bits per heavy atom. The van der Waals surface area contributed by atoms with Crippen molar-refractivity contribution in [1.29, 1.82) is 5.26 Å². The number of nitriles is 1. The zero-order chi connectivity index (χ0) is 17.1. The van der Waals surface area contributed by atoms with Crippen molar-refractivity contribution in [3.63, 3.8) is 0 Å². The number of halogens is 1. The molecule has 3 rings (SSSR count). The van der Waals surface area contributed by atoms with E-state index in [1.807, 2.05) is 18.2 Å². The molecule has 0 N–H and O–H groups in total. The molecule has 3 aromatic rings. The van der Waals surface area contributed by atoms with Crippen LogP contribution in [0, 0.1) is 17.1 Å². The number of rotatable bonds is 4. The molecule has 7 heteroatoms. The van der Waals surface area contributed by atoms with Crippen LogP contribution in [0.4, 0.5) is 4.39 Å². The van der Waals surface area contributed by atoms with Gasteiger partial charge in [-0.2, -0.15) is 9.65 Å². The normalized spacial score (nSPS) is 10.2. The summed E-state index contributed by atoms with van der Waals surface area (Å²) in [6.07, 6.45) is 1.39. The molecule has 0 fully saturated rings. The fourth-order valence-electron chi connectivity index (χ4n) is 2.22. The standard InChI is InChI=1S/C17H12FN3O3/c1-22-13-7-14(16(18)17(23-2)10(13)8-19)24-15-9-20-11-5-3-4-6-12(11)21-15/h3-7,9H,1-2H3. The van der Waals surface area contributed by atoms with Crippen LogP contribution in [0.1, 0.15) is 5.56 Å². The molecule has 1 aromatic heterocycles. The average molecular weight is 325 g/mol. The summed E-state index contributed by atoms with van der Waals surface area (Å²) >= 11 is 0. The summed E-state index contributed by atoms with van der Waals surface area (Å²) in [6.45, 7) is 0. The lowest BCUT2D eigenvalue weighted by Crippen LogP contribution is -2.00.